The molecule has 0 aliphatic carbocycles. The van der Waals surface area contributed by atoms with Crippen LogP contribution >= 0.6 is 0 Å². The molecule has 0 saturated heterocycles. The Kier molecular flexibility index (Phi) is 1160. The molecule has 8 heavy (non-hydrogen) atoms. The molecule has 0 spiro atoms. The Morgan fingerprint density at radius 2 is 0.750 bits per heavy atom. The van der Waals surface area contributed by atoms with Crippen LogP contribution in [0.15, 0.2) is 0 Å². The van der Waals surface area contributed by atoms with Crippen molar-refractivity contribution >= 4 is 16.3 Å². The molecule has 0 fully saturated rings. The van der Waals surface area contributed by atoms with Crippen LogP contribution in [-0.2, 0) is 0 Å². The predicted molar refractivity (Wildman–Crippen MR) is 38.6 cm³/mol. The molecule has 0 amide bonds. The van der Waals surface area contributed by atoms with Gasteiger partial charge in [0.1, 0.15) is 0 Å². The zero-order chi connectivity index (χ0) is 4.00. The molecule has 0 atom stereocenters. The molecule has 0 aliphatic heterocycles. The standard InChI is InChI=1S/C2H6.3CH3.Al.2Li.2H/c1-2;;;;;;;;/h1-2H3;3*1H3;;;;;/q;;2*-1;;2*+1;;. The Morgan fingerprint density at radius 1 is 0.750 bits per heavy atom. The van der Waals surface area contributed by atoms with Crippen LogP contribution in [0.3, 0.4) is 0 Å². The summed E-state index contributed by atoms with van der Waals surface area (Å²) in [5.74, 6) is 2.14. The minimum absolute atomic E-state index is 0. The molecule has 0 aromatic rings. The van der Waals surface area contributed by atoms with E-state index in [0.29, 0.717) is 0 Å². The summed E-state index contributed by atoms with van der Waals surface area (Å²) in [6.07, 6.45) is 0. The van der Waals surface area contributed by atoms with Crippen LogP contribution in [0.25, 0.3) is 0 Å². The Balaban J connectivity index is -0.00000000167. The molecule has 0 saturated carbocycles. The molecular weight excluding hydrogens is 101 g/mol. The van der Waals surface area contributed by atoms with Crippen LogP contribution < -0.4 is 37.7 Å². The van der Waals surface area contributed by atoms with Gasteiger partial charge in [0.2, 0.25) is 16.3 Å². The molecule has 0 bridgehead atoms. The van der Waals surface area contributed by atoms with Gasteiger partial charge in [-0.3, -0.25) is 0 Å². The third-order valence-corrected chi connectivity index (χ3v) is 0. The van der Waals surface area contributed by atoms with Crippen LogP contribution in [0.2, 0.25) is 5.79 Å². The van der Waals surface area contributed by atoms with Gasteiger partial charge in [0.15, 0.2) is 0 Å². The zero-order valence-electron chi connectivity index (χ0n) is 8.00. The Hall–Kier alpha value is 1.73. The van der Waals surface area contributed by atoms with Gasteiger partial charge < -0.3 is 14.9 Å². The molecule has 0 N–H and O–H groups in total. The number of rotatable bonds is 0. The van der Waals surface area contributed by atoms with Crippen molar-refractivity contribution in [1.29, 1.82) is 0 Å². The maximum atomic E-state index is 2.14. The van der Waals surface area contributed by atoms with Gasteiger partial charge in [0.25, 0.3) is 0 Å². The third-order valence-electron chi connectivity index (χ3n) is 0. The summed E-state index contributed by atoms with van der Waals surface area (Å²) in [6, 6.07) is 0. The molecule has 0 nitrogen and oxygen atoms in total. The fourth-order valence-corrected chi connectivity index (χ4v) is 0. The van der Waals surface area contributed by atoms with Crippen molar-refractivity contribution in [2.24, 2.45) is 0 Å². The predicted octanol–water partition coefficient (Wildman–Crippen LogP) is -4.40. The summed E-state index contributed by atoms with van der Waals surface area (Å²) < 4.78 is 0. The van der Waals surface area contributed by atoms with Crippen LogP contribution in [-0.4, -0.2) is 16.3 Å². The molecule has 0 aromatic heterocycles. The fourth-order valence-electron chi connectivity index (χ4n) is 0. The third kappa shape index (κ3) is 117. The van der Waals surface area contributed by atoms with Crippen molar-refractivity contribution in [1.82, 2.24) is 0 Å². The van der Waals surface area contributed by atoms with Crippen LogP contribution in [0, 0.1) is 14.9 Å². The van der Waals surface area contributed by atoms with E-state index >= 15 is 0 Å². The molecule has 0 rings (SSSR count). The van der Waals surface area contributed by atoms with Gasteiger partial charge in [-0.1, -0.05) is 13.8 Å². The van der Waals surface area contributed by atoms with E-state index in [2.05, 4.69) is 5.79 Å². The Bertz CT molecular complexity index is 10.4. The van der Waals surface area contributed by atoms with Crippen molar-refractivity contribution in [3.05, 3.63) is 14.9 Å². The van der Waals surface area contributed by atoms with E-state index in [9.17, 15) is 0 Å². The molecule has 0 aliphatic rings. The van der Waals surface area contributed by atoms with Gasteiger partial charge in [-0.15, -0.1) is 5.79 Å². The summed E-state index contributed by atoms with van der Waals surface area (Å²) in [7, 11) is 0. The first-order chi connectivity index (χ1) is 2.00. The van der Waals surface area contributed by atoms with Gasteiger partial charge in [-0.05, 0) is 0 Å². The van der Waals surface area contributed by atoms with E-state index < -0.39 is 0 Å². The molecule has 0 radical (unpaired) electrons. The summed E-state index contributed by atoms with van der Waals surface area (Å²) in [6.45, 7) is 4.00. The average Bonchev–Trinajstić information content (AvgIpc) is 1.50. The normalized spacial score (nSPS) is 1.38. The maximum absolute atomic E-state index is 2.14. The van der Waals surface area contributed by atoms with Crippen LogP contribution in [0.5, 0.6) is 0 Å². The van der Waals surface area contributed by atoms with Crippen molar-refractivity contribution in [2.75, 3.05) is 0 Å². The quantitative estimate of drug-likeness (QED) is 0.222. The summed E-state index contributed by atoms with van der Waals surface area (Å²) in [5.41, 5.74) is 0. The monoisotopic (exact) mass is 118 g/mol. The second kappa shape index (κ2) is 175. The van der Waals surface area contributed by atoms with E-state index in [1.165, 1.54) is 16.3 Å². The fraction of sp³-hybridized carbons (Fsp3) is 0.600. The number of hydrogen-bond donors (Lipinski definition) is 0. The minimum atomic E-state index is 0. The summed E-state index contributed by atoms with van der Waals surface area (Å²) in [4.78, 5) is 0. The van der Waals surface area contributed by atoms with Gasteiger partial charge >= 0.3 is 37.7 Å². The Morgan fingerprint density at radius 3 is 0.750 bits per heavy atom. The second-order valence-corrected chi connectivity index (χ2v) is 0. The molecule has 0 aromatic carbocycles. The van der Waals surface area contributed by atoms with Gasteiger partial charge in [-0.25, -0.2) is 0 Å². The van der Waals surface area contributed by atoms with Crippen molar-refractivity contribution in [3.8, 4) is 0 Å². The first-order valence-electron chi connectivity index (χ1n) is 2.00. The van der Waals surface area contributed by atoms with Gasteiger partial charge in [0, 0.05) is 0 Å². The zero-order valence-corrected chi connectivity index (χ0v) is 10.0. The molecule has 0 unspecified atom stereocenters. The van der Waals surface area contributed by atoms with E-state index in [-0.39, 0.29) is 52.6 Å². The first kappa shape index (κ1) is 53.3. The largest absolute Gasteiger partial charge is 1.00 e. The molecule has 3 heteroatoms. The van der Waals surface area contributed by atoms with E-state index in [1.54, 1.807) is 0 Å². The van der Waals surface area contributed by atoms with Gasteiger partial charge in [0.05, 0.1) is 0 Å². The van der Waals surface area contributed by atoms with Crippen molar-refractivity contribution in [3.63, 3.8) is 0 Å². The average molecular weight is 118 g/mol. The molecule has 0 heterocycles. The van der Waals surface area contributed by atoms with E-state index in [1.807, 2.05) is 13.8 Å². The van der Waals surface area contributed by atoms with Gasteiger partial charge in [-0.2, -0.15) is 0 Å². The van der Waals surface area contributed by atoms with E-state index in [0.717, 1.165) is 0 Å². The van der Waals surface area contributed by atoms with Crippen LogP contribution in [0.1, 0.15) is 13.8 Å². The minimum Gasteiger partial charge on any atom is -0.358 e. The van der Waals surface area contributed by atoms with Crippen LogP contribution in [0.4, 0.5) is 0 Å². The first-order valence-corrected chi connectivity index (χ1v) is 4.00. The topological polar surface area (TPSA) is 0 Å². The molecular formula is C5H17AlLi2. The van der Waals surface area contributed by atoms with Crippen molar-refractivity contribution < 1.29 is 37.7 Å². The summed E-state index contributed by atoms with van der Waals surface area (Å²) in [5, 5.41) is 0. The summed E-state index contributed by atoms with van der Waals surface area (Å²) >= 11 is 1.31. The smallest absolute Gasteiger partial charge is 0.358 e. The van der Waals surface area contributed by atoms with E-state index in [4.69, 9.17) is 0 Å². The van der Waals surface area contributed by atoms with Crippen molar-refractivity contribution in [2.45, 2.75) is 19.6 Å². The second-order valence-electron chi connectivity index (χ2n) is 0. The number of hydrogen-bond acceptors (Lipinski definition) is 0. The molecule has 42 valence electrons. The Labute approximate surface area is 88.0 Å². The maximum Gasteiger partial charge on any atom is 1.00 e. The SMILES string of the molecule is CC.[CH3-].[CH3-].[CH3][AlH2].[Li+].[Li+].